The second-order valence-corrected chi connectivity index (χ2v) is 5.60. The lowest BCUT2D eigenvalue weighted by molar-refractivity contribution is -0.119. The molecule has 3 heteroatoms. The van der Waals surface area contributed by atoms with Crippen molar-refractivity contribution in [2.75, 3.05) is 13.1 Å². The van der Waals surface area contributed by atoms with Gasteiger partial charge in [-0.3, -0.25) is 4.79 Å². The number of amides is 1. The fourth-order valence-electron chi connectivity index (χ4n) is 3.42. The lowest BCUT2D eigenvalue weighted by atomic mass is 9.69. The number of piperidine rings is 1. The maximum Gasteiger partial charge on any atom is 0.209 e. The third-order valence-corrected chi connectivity index (χ3v) is 4.60. The van der Waals surface area contributed by atoms with E-state index in [1.54, 1.807) is 0 Å². The standard InChI is InChI=1S/C18H20N2O/c1-2-15-8-11-19-17(15)18(16-6-4-3-5-7-16)9-12-20(14-21)13-10-18/h2-8,11,14,19H,1,9-10,12-13H2. The number of hydrogen-bond acceptors (Lipinski definition) is 1. The SMILES string of the molecule is C=Cc1cc[nH]c1C1(c2ccccc2)CCN(C=O)CC1. The Hall–Kier alpha value is -2.29. The zero-order valence-corrected chi connectivity index (χ0v) is 12.1. The maximum atomic E-state index is 11.0. The van der Waals surface area contributed by atoms with E-state index in [1.165, 1.54) is 11.3 Å². The van der Waals surface area contributed by atoms with E-state index < -0.39 is 0 Å². The van der Waals surface area contributed by atoms with Crippen LogP contribution in [0.15, 0.2) is 49.2 Å². The Bertz CT molecular complexity index is 622. The van der Waals surface area contributed by atoms with E-state index in [0.29, 0.717) is 0 Å². The molecule has 0 saturated carbocycles. The molecule has 0 radical (unpaired) electrons. The van der Waals surface area contributed by atoms with Crippen molar-refractivity contribution in [3.63, 3.8) is 0 Å². The van der Waals surface area contributed by atoms with Crippen LogP contribution in [0.1, 0.15) is 29.7 Å². The zero-order valence-electron chi connectivity index (χ0n) is 12.1. The number of benzene rings is 1. The van der Waals surface area contributed by atoms with Crippen molar-refractivity contribution >= 4 is 12.5 Å². The largest absolute Gasteiger partial charge is 0.364 e. The quantitative estimate of drug-likeness (QED) is 0.858. The molecule has 0 atom stereocenters. The molecule has 1 N–H and O–H groups in total. The molecule has 1 aromatic heterocycles. The molecule has 2 heterocycles. The number of nitrogens with one attached hydrogen (secondary N) is 1. The van der Waals surface area contributed by atoms with Crippen LogP contribution in [0.5, 0.6) is 0 Å². The molecule has 108 valence electrons. The van der Waals surface area contributed by atoms with Crippen molar-refractivity contribution in [2.24, 2.45) is 0 Å². The Labute approximate surface area is 125 Å². The van der Waals surface area contributed by atoms with Crippen LogP contribution in [0.2, 0.25) is 0 Å². The number of carbonyl (C=O) groups is 1. The minimum atomic E-state index is -0.0617. The van der Waals surface area contributed by atoms with Crippen molar-refractivity contribution in [1.29, 1.82) is 0 Å². The molecule has 0 bridgehead atoms. The molecule has 1 amide bonds. The van der Waals surface area contributed by atoms with Crippen LogP contribution in [0, 0.1) is 0 Å². The second-order valence-electron chi connectivity index (χ2n) is 5.60. The number of H-pyrrole nitrogens is 1. The molecule has 1 aliphatic rings. The molecular formula is C18H20N2O. The minimum Gasteiger partial charge on any atom is -0.364 e. The van der Waals surface area contributed by atoms with E-state index in [1.807, 2.05) is 23.2 Å². The van der Waals surface area contributed by atoms with Gasteiger partial charge in [0.05, 0.1) is 0 Å². The van der Waals surface area contributed by atoms with Gasteiger partial charge in [0.15, 0.2) is 0 Å². The van der Waals surface area contributed by atoms with Gasteiger partial charge in [-0.15, -0.1) is 0 Å². The van der Waals surface area contributed by atoms with Crippen molar-refractivity contribution in [2.45, 2.75) is 18.3 Å². The van der Waals surface area contributed by atoms with Gasteiger partial charge in [0, 0.05) is 30.4 Å². The summed E-state index contributed by atoms with van der Waals surface area (Å²) in [6.07, 6.45) is 6.69. The van der Waals surface area contributed by atoms with Gasteiger partial charge in [-0.05, 0) is 30.0 Å². The van der Waals surface area contributed by atoms with E-state index in [2.05, 4.69) is 41.9 Å². The molecule has 1 fully saturated rings. The first-order chi connectivity index (χ1) is 10.3. The highest BCUT2D eigenvalue weighted by atomic mass is 16.1. The Morgan fingerprint density at radius 2 is 1.86 bits per heavy atom. The number of aromatic amines is 1. The average Bonchev–Trinajstić information content (AvgIpc) is 3.05. The fraction of sp³-hybridized carbons (Fsp3) is 0.278. The van der Waals surface area contributed by atoms with Gasteiger partial charge in [0.1, 0.15) is 0 Å². The molecule has 0 unspecified atom stereocenters. The van der Waals surface area contributed by atoms with Crippen molar-refractivity contribution < 1.29 is 4.79 Å². The first kappa shape index (κ1) is 13.7. The summed E-state index contributed by atoms with van der Waals surface area (Å²) < 4.78 is 0. The first-order valence-corrected chi connectivity index (χ1v) is 7.35. The van der Waals surface area contributed by atoms with E-state index in [0.717, 1.165) is 37.9 Å². The Morgan fingerprint density at radius 1 is 1.14 bits per heavy atom. The van der Waals surface area contributed by atoms with E-state index in [-0.39, 0.29) is 5.41 Å². The molecular weight excluding hydrogens is 260 g/mol. The number of likely N-dealkylation sites (tertiary alicyclic amines) is 1. The average molecular weight is 280 g/mol. The highest BCUT2D eigenvalue weighted by Crippen LogP contribution is 2.42. The zero-order chi connectivity index (χ0) is 14.7. The van der Waals surface area contributed by atoms with Crippen molar-refractivity contribution in [3.8, 4) is 0 Å². The predicted molar refractivity (Wildman–Crippen MR) is 85.0 cm³/mol. The van der Waals surface area contributed by atoms with E-state index in [9.17, 15) is 4.79 Å². The van der Waals surface area contributed by atoms with Gasteiger partial charge in [0.25, 0.3) is 0 Å². The highest BCUT2D eigenvalue weighted by Gasteiger charge is 2.39. The Kier molecular flexibility index (Phi) is 3.65. The van der Waals surface area contributed by atoms with Crippen LogP contribution >= 0.6 is 0 Å². The predicted octanol–water partition coefficient (Wildman–Crippen LogP) is 3.20. The van der Waals surface area contributed by atoms with Crippen LogP contribution in [0.25, 0.3) is 6.08 Å². The van der Waals surface area contributed by atoms with E-state index in [4.69, 9.17) is 0 Å². The summed E-state index contributed by atoms with van der Waals surface area (Å²) in [5.74, 6) is 0. The summed E-state index contributed by atoms with van der Waals surface area (Å²) >= 11 is 0. The maximum absolute atomic E-state index is 11.0. The minimum absolute atomic E-state index is 0.0617. The van der Waals surface area contributed by atoms with Crippen LogP contribution in [-0.4, -0.2) is 29.4 Å². The second kappa shape index (κ2) is 5.60. The molecule has 3 nitrogen and oxygen atoms in total. The van der Waals surface area contributed by atoms with Crippen LogP contribution < -0.4 is 0 Å². The van der Waals surface area contributed by atoms with Gasteiger partial charge in [-0.25, -0.2) is 0 Å². The first-order valence-electron chi connectivity index (χ1n) is 7.35. The lowest BCUT2D eigenvalue weighted by Gasteiger charge is -2.41. The number of hydrogen-bond donors (Lipinski definition) is 1. The molecule has 0 aliphatic carbocycles. The fourth-order valence-corrected chi connectivity index (χ4v) is 3.42. The normalized spacial score (nSPS) is 17.4. The Balaban J connectivity index is 2.08. The topological polar surface area (TPSA) is 36.1 Å². The summed E-state index contributed by atoms with van der Waals surface area (Å²) in [6, 6.07) is 12.6. The van der Waals surface area contributed by atoms with E-state index >= 15 is 0 Å². The third kappa shape index (κ3) is 2.29. The van der Waals surface area contributed by atoms with Crippen LogP contribution in [-0.2, 0) is 10.2 Å². The summed E-state index contributed by atoms with van der Waals surface area (Å²) in [5, 5.41) is 0. The summed E-state index contributed by atoms with van der Waals surface area (Å²) in [7, 11) is 0. The molecule has 2 aromatic rings. The van der Waals surface area contributed by atoms with Gasteiger partial charge >= 0.3 is 0 Å². The lowest BCUT2D eigenvalue weighted by Crippen LogP contribution is -2.43. The molecule has 1 aromatic carbocycles. The molecule has 0 spiro atoms. The monoisotopic (exact) mass is 280 g/mol. The molecule has 1 saturated heterocycles. The van der Waals surface area contributed by atoms with Gasteiger partial charge in [-0.2, -0.15) is 0 Å². The molecule has 1 aliphatic heterocycles. The molecule has 21 heavy (non-hydrogen) atoms. The number of carbonyl (C=O) groups excluding carboxylic acids is 1. The van der Waals surface area contributed by atoms with Crippen molar-refractivity contribution in [3.05, 3.63) is 66.0 Å². The number of nitrogens with zero attached hydrogens (tertiary/aromatic N) is 1. The third-order valence-electron chi connectivity index (χ3n) is 4.60. The van der Waals surface area contributed by atoms with Gasteiger partial charge in [-0.1, -0.05) is 43.0 Å². The summed E-state index contributed by atoms with van der Waals surface area (Å²) in [6.45, 7) is 5.50. The van der Waals surface area contributed by atoms with Gasteiger partial charge in [0.2, 0.25) is 6.41 Å². The smallest absolute Gasteiger partial charge is 0.209 e. The van der Waals surface area contributed by atoms with Crippen molar-refractivity contribution in [1.82, 2.24) is 9.88 Å². The van der Waals surface area contributed by atoms with Gasteiger partial charge < -0.3 is 9.88 Å². The molecule has 3 rings (SSSR count). The highest BCUT2D eigenvalue weighted by molar-refractivity contribution is 5.56. The van der Waals surface area contributed by atoms with Crippen LogP contribution in [0.4, 0.5) is 0 Å². The van der Waals surface area contributed by atoms with Crippen LogP contribution in [0.3, 0.4) is 0 Å². The summed E-state index contributed by atoms with van der Waals surface area (Å²) in [5.41, 5.74) is 3.61. The number of rotatable bonds is 4. The Morgan fingerprint density at radius 3 is 2.48 bits per heavy atom. The number of aromatic nitrogens is 1. The summed E-state index contributed by atoms with van der Waals surface area (Å²) in [4.78, 5) is 16.3.